The average molecular weight is 251 g/mol. The normalized spacial score (nSPS) is 24.6. The molecule has 0 aromatic heterocycles. The number of thioether (sulfide) groups is 1. The van der Waals surface area contributed by atoms with Gasteiger partial charge in [-0.05, 0) is 12.1 Å². The lowest BCUT2D eigenvalue weighted by Gasteiger charge is -2.32. The summed E-state index contributed by atoms with van der Waals surface area (Å²) in [6.45, 7) is 3.99. The zero-order valence-corrected chi connectivity index (χ0v) is 10.6. The molecule has 17 heavy (non-hydrogen) atoms. The van der Waals surface area contributed by atoms with E-state index < -0.39 is 0 Å². The van der Waals surface area contributed by atoms with Crippen molar-refractivity contribution in [3.63, 3.8) is 0 Å². The van der Waals surface area contributed by atoms with E-state index in [-0.39, 0.29) is 6.10 Å². The van der Waals surface area contributed by atoms with E-state index in [1.54, 1.807) is 0 Å². The number of benzene rings is 1. The molecule has 0 bridgehead atoms. The van der Waals surface area contributed by atoms with Gasteiger partial charge in [-0.3, -0.25) is 4.90 Å². The Morgan fingerprint density at radius 1 is 1.18 bits per heavy atom. The van der Waals surface area contributed by atoms with Crippen molar-refractivity contribution in [2.45, 2.75) is 6.10 Å². The van der Waals surface area contributed by atoms with Crippen molar-refractivity contribution in [2.75, 3.05) is 37.7 Å². The summed E-state index contributed by atoms with van der Waals surface area (Å²) < 4.78 is 11.7. The second kappa shape index (κ2) is 5.19. The maximum Gasteiger partial charge on any atom is 0.161 e. The first-order valence-corrected chi connectivity index (χ1v) is 7.26. The molecule has 0 spiro atoms. The molecule has 0 unspecified atom stereocenters. The third-order valence-corrected chi connectivity index (χ3v) is 4.08. The highest BCUT2D eigenvalue weighted by Crippen LogP contribution is 2.31. The summed E-state index contributed by atoms with van der Waals surface area (Å²) in [5.41, 5.74) is 0. The molecule has 0 radical (unpaired) electrons. The standard InChI is InChI=1S/C13H17NO2S/c1-2-4-13-12(3-1)15-10-11(16-13)9-14-5-7-17-8-6-14/h1-4,11H,5-10H2/t11-/m1/s1. The van der Waals surface area contributed by atoms with Gasteiger partial charge in [0.2, 0.25) is 0 Å². The summed E-state index contributed by atoms with van der Waals surface area (Å²) in [7, 11) is 0. The van der Waals surface area contributed by atoms with Crippen molar-refractivity contribution in [1.82, 2.24) is 4.90 Å². The van der Waals surface area contributed by atoms with Crippen LogP contribution in [0.15, 0.2) is 24.3 Å². The van der Waals surface area contributed by atoms with Gasteiger partial charge in [-0.2, -0.15) is 11.8 Å². The fraction of sp³-hybridized carbons (Fsp3) is 0.538. The van der Waals surface area contributed by atoms with Crippen LogP contribution in [0.1, 0.15) is 0 Å². The molecule has 0 saturated carbocycles. The van der Waals surface area contributed by atoms with E-state index >= 15 is 0 Å². The highest BCUT2D eigenvalue weighted by Gasteiger charge is 2.23. The minimum absolute atomic E-state index is 0.174. The molecule has 0 N–H and O–H groups in total. The zero-order valence-electron chi connectivity index (χ0n) is 9.80. The third-order valence-electron chi connectivity index (χ3n) is 3.13. The van der Waals surface area contributed by atoms with Crippen LogP contribution in [0.2, 0.25) is 0 Å². The van der Waals surface area contributed by atoms with Crippen LogP contribution in [-0.4, -0.2) is 48.8 Å². The van der Waals surface area contributed by atoms with E-state index in [2.05, 4.69) is 4.90 Å². The van der Waals surface area contributed by atoms with Gasteiger partial charge in [-0.25, -0.2) is 0 Å². The summed E-state index contributed by atoms with van der Waals surface area (Å²) in [6.07, 6.45) is 0.174. The minimum atomic E-state index is 0.174. The van der Waals surface area contributed by atoms with Crippen LogP contribution < -0.4 is 9.47 Å². The van der Waals surface area contributed by atoms with Gasteiger partial charge in [0.25, 0.3) is 0 Å². The molecule has 0 amide bonds. The van der Waals surface area contributed by atoms with Crippen LogP contribution in [-0.2, 0) is 0 Å². The Hall–Kier alpha value is -0.870. The molecule has 2 aliphatic heterocycles. The monoisotopic (exact) mass is 251 g/mol. The second-order valence-electron chi connectivity index (χ2n) is 4.41. The molecular formula is C13H17NO2S. The second-order valence-corrected chi connectivity index (χ2v) is 5.64. The molecule has 3 rings (SSSR count). The lowest BCUT2D eigenvalue weighted by Crippen LogP contribution is -2.44. The number of fused-ring (bicyclic) bond motifs is 1. The van der Waals surface area contributed by atoms with Crippen molar-refractivity contribution < 1.29 is 9.47 Å². The lowest BCUT2D eigenvalue weighted by atomic mass is 10.2. The predicted octanol–water partition coefficient (Wildman–Crippen LogP) is 1.88. The first-order valence-electron chi connectivity index (χ1n) is 6.10. The maximum absolute atomic E-state index is 5.96. The smallest absolute Gasteiger partial charge is 0.161 e. The van der Waals surface area contributed by atoms with E-state index in [9.17, 15) is 0 Å². The zero-order chi connectivity index (χ0) is 11.5. The highest BCUT2D eigenvalue weighted by atomic mass is 32.2. The van der Waals surface area contributed by atoms with Crippen molar-refractivity contribution in [3.05, 3.63) is 24.3 Å². The summed E-state index contributed by atoms with van der Waals surface area (Å²) in [4.78, 5) is 2.47. The topological polar surface area (TPSA) is 21.7 Å². The number of nitrogens with zero attached hydrogens (tertiary/aromatic N) is 1. The minimum Gasteiger partial charge on any atom is -0.486 e. The first-order chi connectivity index (χ1) is 8.42. The number of hydrogen-bond acceptors (Lipinski definition) is 4. The van der Waals surface area contributed by atoms with Gasteiger partial charge in [-0.15, -0.1) is 0 Å². The largest absolute Gasteiger partial charge is 0.486 e. The van der Waals surface area contributed by atoms with Gasteiger partial charge in [0.15, 0.2) is 11.5 Å². The molecule has 92 valence electrons. The van der Waals surface area contributed by atoms with Gasteiger partial charge in [0, 0.05) is 31.1 Å². The van der Waals surface area contributed by atoms with Gasteiger partial charge < -0.3 is 9.47 Å². The van der Waals surface area contributed by atoms with Crippen molar-refractivity contribution in [2.24, 2.45) is 0 Å². The Balaban J connectivity index is 1.60. The van der Waals surface area contributed by atoms with Crippen LogP contribution in [0.4, 0.5) is 0 Å². The average Bonchev–Trinajstić information content (AvgIpc) is 2.40. The Labute approximate surface area is 106 Å². The van der Waals surface area contributed by atoms with Crippen LogP contribution >= 0.6 is 11.8 Å². The Kier molecular flexibility index (Phi) is 3.43. The summed E-state index contributed by atoms with van der Waals surface area (Å²) in [6, 6.07) is 7.91. The summed E-state index contributed by atoms with van der Waals surface area (Å²) in [5, 5.41) is 0. The molecule has 1 fully saturated rings. The van der Waals surface area contributed by atoms with E-state index in [1.165, 1.54) is 24.6 Å². The predicted molar refractivity (Wildman–Crippen MR) is 70.1 cm³/mol. The number of hydrogen-bond donors (Lipinski definition) is 0. The van der Waals surface area contributed by atoms with Crippen molar-refractivity contribution in [1.29, 1.82) is 0 Å². The molecule has 1 saturated heterocycles. The number of ether oxygens (including phenoxy) is 2. The van der Waals surface area contributed by atoms with Gasteiger partial charge in [0.1, 0.15) is 12.7 Å². The highest BCUT2D eigenvalue weighted by molar-refractivity contribution is 7.99. The fourth-order valence-corrected chi connectivity index (χ4v) is 3.20. The lowest BCUT2D eigenvalue weighted by molar-refractivity contribution is 0.0614. The van der Waals surface area contributed by atoms with Crippen LogP contribution in [0, 0.1) is 0 Å². The molecule has 2 aliphatic rings. The van der Waals surface area contributed by atoms with E-state index in [4.69, 9.17) is 9.47 Å². The van der Waals surface area contributed by atoms with E-state index in [0.717, 1.165) is 18.0 Å². The van der Waals surface area contributed by atoms with Crippen molar-refractivity contribution in [3.8, 4) is 11.5 Å². The SMILES string of the molecule is c1ccc2c(c1)OC[C@@H](CN1CCSCC1)O2. The molecule has 1 atom stereocenters. The van der Waals surface area contributed by atoms with Crippen molar-refractivity contribution >= 4 is 11.8 Å². The summed E-state index contributed by atoms with van der Waals surface area (Å²) >= 11 is 2.04. The molecule has 2 heterocycles. The van der Waals surface area contributed by atoms with Gasteiger partial charge in [0.05, 0.1) is 0 Å². The van der Waals surface area contributed by atoms with Gasteiger partial charge in [-0.1, -0.05) is 12.1 Å². The quantitative estimate of drug-likeness (QED) is 0.800. The molecule has 0 aliphatic carbocycles. The van der Waals surface area contributed by atoms with E-state index in [0.29, 0.717) is 6.61 Å². The Bertz CT molecular complexity index is 379. The Morgan fingerprint density at radius 3 is 2.76 bits per heavy atom. The first kappa shape index (κ1) is 11.2. The van der Waals surface area contributed by atoms with E-state index in [1.807, 2.05) is 36.0 Å². The Morgan fingerprint density at radius 2 is 1.94 bits per heavy atom. The van der Waals surface area contributed by atoms with Crippen LogP contribution in [0.5, 0.6) is 11.5 Å². The number of para-hydroxylation sites is 2. The third kappa shape index (κ3) is 2.69. The molecule has 4 heteroatoms. The van der Waals surface area contributed by atoms with Crippen LogP contribution in [0.3, 0.4) is 0 Å². The fourth-order valence-electron chi connectivity index (χ4n) is 2.22. The van der Waals surface area contributed by atoms with Gasteiger partial charge >= 0.3 is 0 Å². The number of rotatable bonds is 2. The maximum atomic E-state index is 5.96. The molecule has 3 nitrogen and oxygen atoms in total. The molecule has 1 aromatic rings. The molecular weight excluding hydrogens is 234 g/mol. The molecule has 1 aromatic carbocycles. The summed E-state index contributed by atoms with van der Waals surface area (Å²) in [5.74, 6) is 4.24. The van der Waals surface area contributed by atoms with Crippen LogP contribution in [0.25, 0.3) is 0 Å².